The minimum absolute atomic E-state index is 0.0162. The quantitative estimate of drug-likeness (QED) is 0.621. The number of hydrogen-bond acceptors (Lipinski definition) is 6. The van der Waals surface area contributed by atoms with Crippen LogP contribution in [-0.2, 0) is 24.2 Å². The molecule has 2 saturated heterocycles. The summed E-state index contributed by atoms with van der Waals surface area (Å²) in [6, 6.07) is -1.25. The Labute approximate surface area is 116 Å². The monoisotopic (exact) mass is 306 g/mol. The van der Waals surface area contributed by atoms with Crippen molar-refractivity contribution in [3.63, 3.8) is 0 Å². The number of sulfone groups is 1. The SMILES string of the molecule is NC1COCC1C(=O)N1CCS(=O)(=O)CC1CC(=O)O. The fourth-order valence-corrected chi connectivity index (χ4v) is 4.11. The van der Waals surface area contributed by atoms with Gasteiger partial charge in [-0.3, -0.25) is 9.59 Å². The van der Waals surface area contributed by atoms with Crippen molar-refractivity contribution in [2.75, 3.05) is 31.3 Å². The number of carbonyl (C=O) groups is 2. The Morgan fingerprint density at radius 2 is 2.05 bits per heavy atom. The van der Waals surface area contributed by atoms with Gasteiger partial charge in [0.2, 0.25) is 5.91 Å². The Kier molecular flexibility index (Phi) is 4.31. The summed E-state index contributed by atoms with van der Waals surface area (Å²) in [4.78, 5) is 24.6. The van der Waals surface area contributed by atoms with Crippen LogP contribution in [0, 0.1) is 5.92 Å². The van der Waals surface area contributed by atoms with E-state index < -0.39 is 33.8 Å². The predicted molar refractivity (Wildman–Crippen MR) is 68.7 cm³/mol. The highest BCUT2D eigenvalue weighted by atomic mass is 32.2. The molecule has 9 heteroatoms. The van der Waals surface area contributed by atoms with Crippen LogP contribution < -0.4 is 5.73 Å². The summed E-state index contributed by atoms with van der Waals surface area (Å²) in [7, 11) is -3.30. The molecule has 114 valence electrons. The van der Waals surface area contributed by atoms with Gasteiger partial charge in [-0.2, -0.15) is 0 Å². The van der Waals surface area contributed by atoms with Gasteiger partial charge < -0.3 is 20.5 Å². The summed E-state index contributed by atoms with van der Waals surface area (Å²) < 4.78 is 28.4. The number of nitrogens with two attached hydrogens (primary N) is 1. The van der Waals surface area contributed by atoms with E-state index in [9.17, 15) is 18.0 Å². The Morgan fingerprint density at radius 1 is 1.35 bits per heavy atom. The van der Waals surface area contributed by atoms with Crippen molar-refractivity contribution < 1.29 is 27.9 Å². The second-order valence-corrected chi connectivity index (χ2v) is 7.43. The van der Waals surface area contributed by atoms with Crippen LogP contribution in [0.25, 0.3) is 0 Å². The Balaban J connectivity index is 2.15. The fraction of sp³-hybridized carbons (Fsp3) is 0.818. The van der Waals surface area contributed by atoms with Crippen LogP contribution in [0.2, 0.25) is 0 Å². The predicted octanol–water partition coefficient (Wildman–Crippen LogP) is -1.94. The molecule has 0 aliphatic carbocycles. The molecule has 0 bridgehead atoms. The smallest absolute Gasteiger partial charge is 0.305 e. The number of hydrogen-bond donors (Lipinski definition) is 2. The van der Waals surface area contributed by atoms with Crippen molar-refractivity contribution in [2.24, 2.45) is 11.7 Å². The number of carbonyl (C=O) groups excluding carboxylic acids is 1. The average molecular weight is 306 g/mol. The summed E-state index contributed by atoms with van der Waals surface area (Å²) >= 11 is 0. The van der Waals surface area contributed by atoms with Crippen molar-refractivity contribution in [1.82, 2.24) is 4.90 Å². The Hall–Kier alpha value is -1.19. The van der Waals surface area contributed by atoms with E-state index >= 15 is 0 Å². The molecule has 0 aromatic rings. The van der Waals surface area contributed by atoms with E-state index in [1.807, 2.05) is 0 Å². The van der Waals surface area contributed by atoms with Gasteiger partial charge in [-0.25, -0.2) is 8.42 Å². The Bertz CT molecular complexity index is 505. The minimum atomic E-state index is -3.30. The third-order valence-corrected chi connectivity index (χ3v) is 5.36. The fourth-order valence-electron chi connectivity index (χ4n) is 2.59. The number of carboxylic acids is 1. The standard InChI is InChI=1S/C11H18N2O6S/c12-9-5-19-4-8(9)11(16)13-1-2-20(17,18)6-7(13)3-10(14)15/h7-9H,1-6,12H2,(H,14,15). The lowest BCUT2D eigenvalue weighted by Crippen LogP contribution is -2.55. The Morgan fingerprint density at radius 3 is 2.60 bits per heavy atom. The molecule has 0 aromatic heterocycles. The first-order valence-electron chi connectivity index (χ1n) is 6.36. The first kappa shape index (κ1) is 15.2. The van der Waals surface area contributed by atoms with Crippen LogP contribution in [0.3, 0.4) is 0 Å². The maximum absolute atomic E-state index is 12.4. The van der Waals surface area contributed by atoms with Crippen molar-refractivity contribution in [3.05, 3.63) is 0 Å². The number of rotatable bonds is 3. The third-order valence-electron chi connectivity index (χ3n) is 3.67. The molecule has 2 aliphatic rings. The first-order valence-corrected chi connectivity index (χ1v) is 8.18. The summed E-state index contributed by atoms with van der Waals surface area (Å²) in [5.41, 5.74) is 5.78. The van der Waals surface area contributed by atoms with Gasteiger partial charge in [0.1, 0.15) is 0 Å². The minimum Gasteiger partial charge on any atom is -0.481 e. The number of ether oxygens (including phenoxy) is 1. The van der Waals surface area contributed by atoms with Gasteiger partial charge in [0, 0.05) is 12.6 Å². The molecule has 0 spiro atoms. The lowest BCUT2D eigenvalue weighted by Gasteiger charge is -2.36. The van der Waals surface area contributed by atoms with E-state index in [0.717, 1.165) is 0 Å². The molecule has 3 unspecified atom stereocenters. The van der Waals surface area contributed by atoms with Gasteiger partial charge in [-0.1, -0.05) is 0 Å². The van der Waals surface area contributed by atoms with E-state index in [2.05, 4.69) is 0 Å². The van der Waals surface area contributed by atoms with Gasteiger partial charge in [-0.05, 0) is 0 Å². The van der Waals surface area contributed by atoms with Gasteiger partial charge in [0.15, 0.2) is 9.84 Å². The van der Waals surface area contributed by atoms with Crippen LogP contribution in [0.5, 0.6) is 0 Å². The first-order chi connectivity index (χ1) is 9.30. The van der Waals surface area contributed by atoms with Crippen molar-refractivity contribution in [3.8, 4) is 0 Å². The van der Waals surface area contributed by atoms with Gasteiger partial charge in [0.05, 0.1) is 43.1 Å². The molecular formula is C11H18N2O6S. The molecule has 3 atom stereocenters. The van der Waals surface area contributed by atoms with E-state index in [0.29, 0.717) is 0 Å². The lowest BCUT2D eigenvalue weighted by molar-refractivity contribution is -0.142. The second-order valence-electron chi connectivity index (χ2n) is 5.21. The summed E-state index contributed by atoms with van der Waals surface area (Å²) in [5, 5.41) is 8.87. The van der Waals surface area contributed by atoms with Gasteiger partial charge in [-0.15, -0.1) is 0 Å². The third kappa shape index (κ3) is 3.28. The van der Waals surface area contributed by atoms with Crippen molar-refractivity contribution in [2.45, 2.75) is 18.5 Å². The summed E-state index contributed by atoms with van der Waals surface area (Å²) in [6.07, 6.45) is -0.381. The van der Waals surface area contributed by atoms with Crippen LogP contribution in [0.15, 0.2) is 0 Å². The molecule has 2 aliphatic heterocycles. The topological polar surface area (TPSA) is 127 Å². The zero-order chi connectivity index (χ0) is 14.9. The van der Waals surface area contributed by atoms with Crippen molar-refractivity contribution >= 4 is 21.7 Å². The summed E-state index contributed by atoms with van der Waals surface area (Å²) in [5.74, 6) is -2.41. The number of aliphatic carboxylic acids is 1. The molecule has 8 nitrogen and oxygen atoms in total. The normalized spacial score (nSPS) is 33.0. The molecular weight excluding hydrogens is 288 g/mol. The van der Waals surface area contributed by atoms with Gasteiger partial charge >= 0.3 is 5.97 Å². The molecule has 2 heterocycles. The zero-order valence-electron chi connectivity index (χ0n) is 10.9. The molecule has 0 aromatic carbocycles. The van der Waals surface area contributed by atoms with E-state index in [1.165, 1.54) is 4.90 Å². The highest BCUT2D eigenvalue weighted by Crippen LogP contribution is 2.21. The lowest BCUT2D eigenvalue weighted by atomic mass is 10.0. The van der Waals surface area contributed by atoms with Crippen LogP contribution in [0.4, 0.5) is 0 Å². The number of carboxylic acid groups (broad SMARTS) is 1. The zero-order valence-corrected chi connectivity index (χ0v) is 11.7. The maximum Gasteiger partial charge on any atom is 0.305 e. The molecule has 2 rings (SSSR count). The molecule has 0 radical (unpaired) electrons. The molecule has 3 N–H and O–H groups in total. The molecule has 20 heavy (non-hydrogen) atoms. The molecule has 0 saturated carbocycles. The molecule has 1 amide bonds. The summed E-state index contributed by atoms with van der Waals surface area (Å²) in [6.45, 7) is 0.498. The second kappa shape index (κ2) is 5.66. The highest BCUT2D eigenvalue weighted by molar-refractivity contribution is 7.91. The number of nitrogens with zero attached hydrogens (tertiary/aromatic N) is 1. The number of amides is 1. The van der Waals surface area contributed by atoms with Gasteiger partial charge in [0.25, 0.3) is 0 Å². The largest absolute Gasteiger partial charge is 0.481 e. The van der Waals surface area contributed by atoms with Crippen LogP contribution in [0.1, 0.15) is 6.42 Å². The van der Waals surface area contributed by atoms with Crippen LogP contribution >= 0.6 is 0 Å². The molecule has 2 fully saturated rings. The average Bonchev–Trinajstić information content (AvgIpc) is 2.73. The van der Waals surface area contributed by atoms with E-state index in [-0.39, 0.29) is 43.6 Å². The van der Waals surface area contributed by atoms with E-state index in [1.54, 1.807) is 0 Å². The van der Waals surface area contributed by atoms with E-state index in [4.69, 9.17) is 15.6 Å². The maximum atomic E-state index is 12.4. The van der Waals surface area contributed by atoms with Crippen molar-refractivity contribution in [1.29, 1.82) is 0 Å². The highest BCUT2D eigenvalue weighted by Gasteiger charge is 2.41. The van der Waals surface area contributed by atoms with Crippen LogP contribution in [-0.4, -0.2) is 73.6 Å².